The van der Waals surface area contributed by atoms with Crippen molar-refractivity contribution in [1.29, 1.82) is 0 Å². The molecule has 154 valence electrons. The topological polar surface area (TPSA) is 79.8 Å². The van der Waals surface area contributed by atoms with Crippen molar-refractivity contribution in [1.82, 2.24) is 10.6 Å². The van der Waals surface area contributed by atoms with Crippen LogP contribution in [-0.4, -0.2) is 52.1 Å². The van der Waals surface area contributed by atoms with E-state index in [-0.39, 0.29) is 17.3 Å². The summed E-state index contributed by atoms with van der Waals surface area (Å²) in [5.41, 5.74) is -0.198. The fourth-order valence-corrected chi connectivity index (χ4v) is 3.25. The molecule has 27 heavy (non-hydrogen) atoms. The van der Waals surface area contributed by atoms with Gasteiger partial charge in [-0.15, -0.1) is 0 Å². The Labute approximate surface area is 168 Å². The van der Waals surface area contributed by atoms with Crippen LogP contribution in [0.2, 0.25) is 5.02 Å². The fraction of sp³-hybridized carbons (Fsp3) is 0.632. The van der Waals surface area contributed by atoms with E-state index in [4.69, 9.17) is 16.3 Å². The first-order valence-electron chi connectivity index (χ1n) is 9.13. The minimum atomic E-state index is -2.96. The Morgan fingerprint density at radius 3 is 2.44 bits per heavy atom. The summed E-state index contributed by atoms with van der Waals surface area (Å²) in [6, 6.07) is 7.26. The van der Waals surface area contributed by atoms with Crippen molar-refractivity contribution in [3.05, 3.63) is 29.3 Å². The number of sulfone groups is 1. The van der Waals surface area contributed by atoms with Gasteiger partial charge in [-0.2, -0.15) is 0 Å². The molecule has 6 nitrogen and oxygen atoms in total. The molecule has 0 aliphatic rings. The Hall–Kier alpha value is -1.47. The Kier molecular flexibility index (Phi) is 9.39. The minimum Gasteiger partial charge on any atom is -0.489 e. The van der Waals surface area contributed by atoms with Crippen LogP contribution in [0.1, 0.15) is 34.1 Å². The van der Waals surface area contributed by atoms with E-state index in [0.717, 1.165) is 12.3 Å². The van der Waals surface area contributed by atoms with Crippen LogP contribution in [0.5, 0.6) is 5.75 Å². The molecular formula is C19H32ClN3O3S. The van der Waals surface area contributed by atoms with E-state index in [0.29, 0.717) is 30.5 Å². The van der Waals surface area contributed by atoms with Crippen molar-refractivity contribution >= 4 is 27.4 Å². The summed E-state index contributed by atoms with van der Waals surface area (Å²) >= 11 is 5.88. The first-order chi connectivity index (χ1) is 12.5. The van der Waals surface area contributed by atoms with Crippen molar-refractivity contribution in [2.75, 3.05) is 31.6 Å². The summed E-state index contributed by atoms with van der Waals surface area (Å²) in [7, 11) is -2.96. The monoisotopic (exact) mass is 417 g/mol. The lowest BCUT2D eigenvalue weighted by Gasteiger charge is -2.23. The Morgan fingerprint density at radius 2 is 1.89 bits per heavy atom. The van der Waals surface area contributed by atoms with Gasteiger partial charge in [0.1, 0.15) is 21.7 Å². The van der Waals surface area contributed by atoms with Gasteiger partial charge in [0.05, 0.1) is 12.3 Å². The maximum Gasteiger partial charge on any atom is 0.191 e. The zero-order valence-electron chi connectivity index (χ0n) is 16.9. The average Bonchev–Trinajstić information content (AvgIpc) is 2.57. The second-order valence-electron chi connectivity index (χ2n) is 7.50. The molecule has 0 amide bonds. The predicted molar refractivity (Wildman–Crippen MR) is 114 cm³/mol. The summed E-state index contributed by atoms with van der Waals surface area (Å²) in [6.07, 6.45) is 1.78. The second-order valence-corrected chi connectivity index (χ2v) is 10.2. The quantitative estimate of drug-likeness (QED) is 0.451. The largest absolute Gasteiger partial charge is 0.489 e. The molecule has 1 aromatic rings. The highest BCUT2D eigenvalue weighted by Gasteiger charge is 2.20. The molecule has 0 bridgehead atoms. The van der Waals surface area contributed by atoms with Gasteiger partial charge in [0.2, 0.25) is 0 Å². The van der Waals surface area contributed by atoms with Gasteiger partial charge in [-0.1, -0.05) is 25.4 Å². The molecule has 1 rings (SSSR count). The molecule has 0 saturated carbocycles. The molecule has 0 aliphatic heterocycles. The van der Waals surface area contributed by atoms with Crippen LogP contribution >= 0.6 is 11.6 Å². The number of halogens is 1. The fourth-order valence-electron chi connectivity index (χ4n) is 2.20. The second kappa shape index (κ2) is 10.8. The zero-order chi connectivity index (χ0) is 20.5. The van der Waals surface area contributed by atoms with Gasteiger partial charge < -0.3 is 15.4 Å². The van der Waals surface area contributed by atoms with Gasteiger partial charge >= 0.3 is 0 Å². The SMILES string of the molecule is CCNC(=NCC(C)(C)CCS(C)(=O)=O)NCC(C)Oc1ccc(Cl)cc1. The van der Waals surface area contributed by atoms with Crippen LogP contribution < -0.4 is 15.4 Å². The standard InChI is InChI=1S/C19H32ClN3O3S/c1-6-21-18(23-14-19(3,4)11-12-27(5,24)25)22-13-15(2)26-17-9-7-16(20)8-10-17/h7-10,15H,6,11-14H2,1-5H3,(H2,21,22,23). The number of benzene rings is 1. The number of ether oxygens (including phenoxy) is 1. The molecule has 1 aromatic carbocycles. The third kappa shape index (κ3) is 11.1. The van der Waals surface area contributed by atoms with E-state index in [1.165, 1.54) is 6.26 Å². The Bertz CT molecular complexity index is 703. The normalized spacial score (nSPS) is 13.9. The third-order valence-electron chi connectivity index (χ3n) is 3.87. The lowest BCUT2D eigenvalue weighted by Crippen LogP contribution is -2.42. The third-order valence-corrected chi connectivity index (χ3v) is 5.06. The number of guanidine groups is 1. The summed E-state index contributed by atoms with van der Waals surface area (Å²) in [4.78, 5) is 4.60. The highest BCUT2D eigenvalue weighted by molar-refractivity contribution is 7.90. The molecule has 0 radical (unpaired) electrons. The van der Waals surface area contributed by atoms with E-state index < -0.39 is 9.84 Å². The smallest absolute Gasteiger partial charge is 0.191 e. The van der Waals surface area contributed by atoms with Crippen LogP contribution in [0, 0.1) is 5.41 Å². The number of aliphatic imine (C=N–C) groups is 1. The molecule has 0 heterocycles. The molecular weight excluding hydrogens is 386 g/mol. The highest BCUT2D eigenvalue weighted by atomic mass is 35.5. The highest BCUT2D eigenvalue weighted by Crippen LogP contribution is 2.21. The molecule has 0 spiro atoms. The number of hydrogen-bond donors (Lipinski definition) is 2. The summed E-state index contributed by atoms with van der Waals surface area (Å²) in [6.45, 7) is 9.88. The lowest BCUT2D eigenvalue weighted by atomic mass is 9.90. The van der Waals surface area contributed by atoms with E-state index in [9.17, 15) is 8.42 Å². The van der Waals surface area contributed by atoms with Crippen molar-refractivity contribution in [2.24, 2.45) is 10.4 Å². The predicted octanol–water partition coefficient (Wildman–Crippen LogP) is 3.12. The van der Waals surface area contributed by atoms with Crippen molar-refractivity contribution in [3.63, 3.8) is 0 Å². The van der Waals surface area contributed by atoms with Gasteiger partial charge in [0, 0.05) is 24.4 Å². The molecule has 1 atom stereocenters. The van der Waals surface area contributed by atoms with Gasteiger partial charge in [0.25, 0.3) is 0 Å². The zero-order valence-corrected chi connectivity index (χ0v) is 18.5. The molecule has 8 heteroatoms. The first kappa shape index (κ1) is 23.6. The van der Waals surface area contributed by atoms with Crippen LogP contribution in [0.4, 0.5) is 0 Å². The number of hydrogen-bond acceptors (Lipinski definition) is 4. The number of nitrogens with one attached hydrogen (secondary N) is 2. The molecule has 0 saturated heterocycles. The molecule has 0 aromatic heterocycles. The Balaban J connectivity index is 2.56. The lowest BCUT2D eigenvalue weighted by molar-refractivity contribution is 0.224. The summed E-state index contributed by atoms with van der Waals surface area (Å²) in [5, 5.41) is 7.14. The van der Waals surface area contributed by atoms with Gasteiger partial charge in [-0.25, -0.2) is 8.42 Å². The molecule has 0 aliphatic carbocycles. The van der Waals surface area contributed by atoms with Crippen LogP contribution in [0.25, 0.3) is 0 Å². The van der Waals surface area contributed by atoms with Crippen molar-refractivity contribution in [2.45, 2.75) is 40.2 Å². The maximum absolute atomic E-state index is 11.4. The molecule has 0 fully saturated rings. The number of nitrogens with zero attached hydrogens (tertiary/aromatic N) is 1. The summed E-state index contributed by atoms with van der Waals surface area (Å²) in [5.74, 6) is 1.62. The van der Waals surface area contributed by atoms with E-state index in [2.05, 4.69) is 15.6 Å². The van der Waals surface area contributed by atoms with Crippen LogP contribution in [-0.2, 0) is 9.84 Å². The van der Waals surface area contributed by atoms with Crippen LogP contribution in [0.3, 0.4) is 0 Å². The van der Waals surface area contributed by atoms with Crippen molar-refractivity contribution in [3.8, 4) is 5.75 Å². The summed E-state index contributed by atoms with van der Waals surface area (Å²) < 4.78 is 28.6. The first-order valence-corrected chi connectivity index (χ1v) is 11.6. The van der Waals surface area contributed by atoms with Gasteiger partial charge in [0.15, 0.2) is 5.96 Å². The molecule has 2 N–H and O–H groups in total. The number of rotatable bonds is 10. The van der Waals surface area contributed by atoms with E-state index in [1.807, 2.05) is 39.8 Å². The maximum atomic E-state index is 11.4. The Morgan fingerprint density at radius 1 is 1.26 bits per heavy atom. The van der Waals surface area contributed by atoms with Crippen molar-refractivity contribution < 1.29 is 13.2 Å². The molecule has 1 unspecified atom stereocenters. The van der Waals surface area contributed by atoms with E-state index >= 15 is 0 Å². The van der Waals surface area contributed by atoms with Gasteiger partial charge in [-0.3, -0.25) is 4.99 Å². The van der Waals surface area contributed by atoms with Gasteiger partial charge in [-0.05, 0) is 49.9 Å². The minimum absolute atomic E-state index is 0.0618. The average molecular weight is 418 g/mol. The van der Waals surface area contributed by atoms with Crippen LogP contribution in [0.15, 0.2) is 29.3 Å². The van der Waals surface area contributed by atoms with E-state index in [1.54, 1.807) is 12.1 Å².